The van der Waals surface area contributed by atoms with Crippen LogP contribution in [0.5, 0.6) is 0 Å². The van der Waals surface area contributed by atoms with E-state index in [4.69, 9.17) is 5.73 Å². The molecule has 3 N–H and O–H groups in total. The molecule has 1 fully saturated rings. The molecular weight excluding hydrogens is 186 g/mol. The molecule has 80 valence electrons. The van der Waals surface area contributed by atoms with Gasteiger partial charge in [-0.1, -0.05) is 6.42 Å². The Morgan fingerprint density at radius 3 is 2.38 bits per heavy atom. The van der Waals surface area contributed by atoms with Gasteiger partial charge >= 0.3 is 0 Å². The van der Waals surface area contributed by atoms with Crippen LogP contribution < -0.4 is 11.1 Å². The molecule has 1 heterocycles. The van der Waals surface area contributed by atoms with Crippen molar-refractivity contribution in [3.8, 4) is 0 Å². The number of nitrogens with zero attached hydrogens (tertiary/aromatic N) is 1. The summed E-state index contributed by atoms with van der Waals surface area (Å²) in [5, 5.41) is 3.35. The van der Waals surface area contributed by atoms with E-state index in [-0.39, 0.29) is 12.4 Å². The van der Waals surface area contributed by atoms with Crippen molar-refractivity contribution in [2.75, 3.05) is 39.3 Å². The van der Waals surface area contributed by atoms with Crippen LogP contribution in [0.1, 0.15) is 19.3 Å². The van der Waals surface area contributed by atoms with E-state index in [9.17, 15) is 0 Å². The summed E-state index contributed by atoms with van der Waals surface area (Å²) in [4.78, 5) is 2.53. The summed E-state index contributed by atoms with van der Waals surface area (Å²) in [7, 11) is 0. The SMILES string of the molecule is Cl.NCCCCCN1CCNCC1. The third-order valence-electron chi connectivity index (χ3n) is 2.39. The summed E-state index contributed by atoms with van der Waals surface area (Å²) in [5.74, 6) is 0. The second-order valence-corrected chi connectivity index (χ2v) is 3.44. The van der Waals surface area contributed by atoms with E-state index in [0.717, 1.165) is 19.6 Å². The molecule has 13 heavy (non-hydrogen) atoms. The molecule has 4 heteroatoms. The van der Waals surface area contributed by atoms with Gasteiger partial charge in [0, 0.05) is 26.2 Å². The zero-order valence-electron chi connectivity index (χ0n) is 8.30. The van der Waals surface area contributed by atoms with Crippen molar-refractivity contribution in [1.29, 1.82) is 0 Å². The normalized spacial score (nSPS) is 18.2. The van der Waals surface area contributed by atoms with Gasteiger partial charge in [-0.05, 0) is 25.9 Å². The van der Waals surface area contributed by atoms with Crippen molar-refractivity contribution >= 4 is 12.4 Å². The fourth-order valence-electron chi connectivity index (χ4n) is 1.59. The van der Waals surface area contributed by atoms with Crippen LogP contribution in [0, 0.1) is 0 Å². The minimum Gasteiger partial charge on any atom is -0.330 e. The van der Waals surface area contributed by atoms with Gasteiger partial charge in [0.25, 0.3) is 0 Å². The van der Waals surface area contributed by atoms with Crippen molar-refractivity contribution < 1.29 is 0 Å². The maximum Gasteiger partial charge on any atom is 0.0107 e. The number of halogens is 1. The number of hydrogen-bond acceptors (Lipinski definition) is 3. The lowest BCUT2D eigenvalue weighted by atomic mass is 10.2. The van der Waals surface area contributed by atoms with E-state index in [1.165, 1.54) is 38.9 Å². The van der Waals surface area contributed by atoms with E-state index in [0.29, 0.717) is 0 Å². The Morgan fingerprint density at radius 2 is 1.77 bits per heavy atom. The maximum absolute atomic E-state index is 5.42. The summed E-state index contributed by atoms with van der Waals surface area (Å²) in [6.07, 6.45) is 3.80. The monoisotopic (exact) mass is 207 g/mol. The number of nitrogens with two attached hydrogens (primary N) is 1. The highest BCUT2D eigenvalue weighted by Gasteiger charge is 2.07. The molecule has 0 aromatic carbocycles. The maximum atomic E-state index is 5.42. The summed E-state index contributed by atoms with van der Waals surface area (Å²) in [6.45, 7) is 6.89. The average molecular weight is 208 g/mol. The fourth-order valence-corrected chi connectivity index (χ4v) is 1.59. The number of piperazine rings is 1. The molecule has 0 amide bonds. The van der Waals surface area contributed by atoms with Crippen molar-refractivity contribution in [2.45, 2.75) is 19.3 Å². The van der Waals surface area contributed by atoms with Gasteiger partial charge < -0.3 is 16.0 Å². The standard InChI is InChI=1S/C9H21N3.ClH/c10-4-2-1-3-7-12-8-5-11-6-9-12;/h11H,1-10H2;1H. The van der Waals surface area contributed by atoms with Crippen molar-refractivity contribution in [3.05, 3.63) is 0 Å². The van der Waals surface area contributed by atoms with E-state index in [1.807, 2.05) is 0 Å². The summed E-state index contributed by atoms with van der Waals surface area (Å²) in [6, 6.07) is 0. The second kappa shape index (κ2) is 8.75. The Labute approximate surface area is 87.5 Å². The molecule has 1 aliphatic rings. The number of hydrogen-bond donors (Lipinski definition) is 2. The first-order valence-electron chi connectivity index (χ1n) is 5.06. The molecule has 0 saturated carbocycles. The minimum atomic E-state index is 0. The average Bonchev–Trinajstić information content (AvgIpc) is 2.14. The quantitative estimate of drug-likeness (QED) is 0.644. The van der Waals surface area contributed by atoms with Crippen molar-refractivity contribution in [1.82, 2.24) is 10.2 Å². The first kappa shape index (κ1) is 13.2. The van der Waals surface area contributed by atoms with E-state index in [2.05, 4.69) is 10.2 Å². The lowest BCUT2D eigenvalue weighted by molar-refractivity contribution is 0.236. The Morgan fingerprint density at radius 1 is 1.08 bits per heavy atom. The highest BCUT2D eigenvalue weighted by atomic mass is 35.5. The number of rotatable bonds is 5. The molecular formula is C9H22ClN3. The molecule has 0 spiro atoms. The van der Waals surface area contributed by atoms with Gasteiger partial charge in [0.1, 0.15) is 0 Å². The molecule has 0 atom stereocenters. The Bertz CT molecular complexity index is 105. The Balaban J connectivity index is 0.00000144. The van der Waals surface area contributed by atoms with Crippen LogP contribution in [0.2, 0.25) is 0 Å². The molecule has 1 rings (SSSR count). The predicted molar refractivity (Wildman–Crippen MR) is 59.5 cm³/mol. The van der Waals surface area contributed by atoms with Gasteiger partial charge in [0.15, 0.2) is 0 Å². The number of unbranched alkanes of at least 4 members (excludes halogenated alkanes) is 2. The van der Waals surface area contributed by atoms with Crippen LogP contribution in [-0.4, -0.2) is 44.2 Å². The van der Waals surface area contributed by atoms with Gasteiger partial charge in [0.05, 0.1) is 0 Å². The van der Waals surface area contributed by atoms with E-state index in [1.54, 1.807) is 0 Å². The van der Waals surface area contributed by atoms with Crippen molar-refractivity contribution in [2.24, 2.45) is 5.73 Å². The smallest absolute Gasteiger partial charge is 0.0107 e. The molecule has 0 unspecified atom stereocenters. The summed E-state index contributed by atoms with van der Waals surface area (Å²) >= 11 is 0. The third-order valence-corrected chi connectivity index (χ3v) is 2.39. The number of nitrogens with one attached hydrogen (secondary N) is 1. The first-order chi connectivity index (χ1) is 5.93. The molecule has 1 aliphatic heterocycles. The molecule has 0 bridgehead atoms. The van der Waals surface area contributed by atoms with Crippen LogP contribution in [0.4, 0.5) is 0 Å². The van der Waals surface area contributed by atoms with Crippen LogP contribution in [0.3, 0.4) is 0 Å². The zero-order chi connectivity index (χ0) is 8.65. The lowest BCUT2D eigenvalue weighted by Gasteiger charge is -2.26. The van der Waals surface area contributed by atoms with Crippen LogP contribution in [-0.2, 0) is 0 Å². The molecule has 3 nitrogen and oxygen atoms in total. The van der Waals surface area contributed by atoms with Crippen LogP contribution in [0.15, 0.2) is 0 Å². The van der Waals surface area contributed by atoms with Crippen molar-refractivity contribution in [3.63, 3.8) is 0 Å². The topological polar surface area (TPSA) is 41.3 Å². The highest BCUT2D eigenvalue weighted by Crippen LogP contribution is 1.98. The Kier molecular flexibility index (Phi) is 8.87. The van der Waals surface area contributed by atoms with E-state index < -0.39 is 0 Å². The molecule has 0 aromatic rings. The van der Waals surface area contributed by atoms with Gasteiger partial charge in [0.2, 0.25) is 0 Å². The second-order valence-electron chi connectivity index (χ2n) is 3.44. The van der Waals surface area contributed by atoms with Crippen LogP contribution >= 0.6 is 12.4 Å². The minimum absolute atomic E-state index is 0. The third kappa shape index (κ3) is 6.27. The fraction of sp³-hybridized carbons (Fsp3) is 1.00. The lowest BCUT2D eigenvalue weighted by Crippen LogP contribution is -2.43. The summed E-state index contributed by atoms with van der Waals surface area (Å²) in [5.41, 5.74) is 5.42. The van der Waals surface area contributed by atoms with Crippen LogP contribution in [0.25, 0.3) is 0 Å². The summed E-state index contributed by atoms with van der Waals surface area (Å²) < 4.78 is 0. The van der Waals surface area contributed by atoms with Gasteiger partial charge in [-0.2, -0.15) is 0 Å². The first-order valence-corrected chi connectivity index (χ1v) is 5.06. The molecule has 0 aliphatic carbocycles. The van der Waals surface area contributed by atoms with Gasteiger partial charge in [-0.3, -0.25) is 0 Å². The van der Waals surface area contributed by atoms with E-state index >= 15 is 0 Å². The largest absolute Gasteiger partial charge is 0.330 e. The zero-order valence-corrected chi connectivity index (χ0v) is 9.11. The van der Waals surface area contributed by atoms with Gasteiger partial charge in [-0.15, -0.1) is 12.4 Å². The molecule has 1 saturated heterocycles. The Hall–Kier alpha value is 0.170. The molecule has 0 radical (unpaired) electrons. The van der Waals surface area contributed by atoms with Gasteiger partial charge in [-0.25, -0.2) is 0 Å². The highest BCUT2D eigenvalue weighted by molar-refractivity contribution is 5.85. The predicted octanol–water partition coefficient (Wildman–Crippen LogP) is 0.442. The molecule has 0 aromatic heterocycles.